The molecule has 2 atom stereocenters. The Kier molecular flexibility index (Phi) is 5.94. The Morgan fingerprint density at radius 1 is 1.37 bits per heavy atom. The van der Waals surface area contributed by atoms with E-state index in [4.69, 9.17) is 4.99 Å². The molecule has 1 aliphatic carbocycles. The fourth-order valence-corrected chi connectivity index (χ4v) is 5.16. The average molecular weight is 301 g/mol. The number of thioether (sulfide) groups is 2. The van der Waals surface area contributed by atoms with Gasteiger partial charge in [-0.1, -0.05) is 32.0 Å². The van der Waals surface area contributed by atoms with E-state index in [0.717, 1.165) is 11.8 Å². The summed E-state index contributed by atoms with van der Waals surface area (Å²) in [6.45, 7) is 5.64. The first kappa shape index (κ1) is 15.6. The van der Waals surface area contributed by atoms with Gasteiger partial charge in [-0.15, -0.1) is 0 Å². The number of rotatable bonds is 4. The molecule has 2 aliphatic rings. The summed E-state index contributed by atoms with van der Waals surface area (Å²) in [5.74, 6) is 1.24. The minimum Gasteiger partial charge on any atom is -0.362 e. The molecule has 1 aliphatic heterocycles. The van der Waals surface area contributed by atoms with Crippen molar-refractivity contribution in [2.45, 2.75) is 63.7 Å². The molecule has 1 heterocycles. The van der Waals surface area contributed by atoms with Crippen molar-refractivity contribution < 1.29 is 0 Å². The van der Waals surface area contributed by atoms with Crippen molar-refractivity contribution in [3.63, 3.8) is 0 Å². The highest BCUT2D eigenvalue weighted by molar-refractivity contribution is 8.13. The maximum absolute atomic E-state index is 4.83. The Balaban J connectivity index is 1.85. The summed E-state index contributed by atoms with van der Waals surface area (Å²) in [5, 5.41) is 5.77. The molecule has 110 valence electrons. The molecule has 0 aromatic rings. The second-order valence-corrected chi connectivity index (χ2v) is 8.08. The summed E-state index contributed by atoms with van der Waals surface area (Å²) in [5.41, 5.74) is 0.463. The van der Waals surface area contributed by atoms with E-state index in [2.05, 4.69) is 25.4 Å². The monoisotopic (exact) mass is 300 g/mol. The molecule has 0 amide bonds. The van der Waals surface area contributed by atoms with Gasteiger partial charge in [0.15, 0.2) is 5.17 Å². The van der Waals surface area contributed by atoms with Crippen molar-refractivity contribution in [1.82, 2.24) is 5.32 Å². The molecular weight excluding hydrogens is 272 g/mol. The van der Waals surface area contributed by atoms with Crippen LogP contribution in [0.2, 0.25) is 0 Å². The number of aliphatic imine (C=N–C) groups is 1. The molecule has 0 saturated heterocycles. The normalized spacial score (nSPS) is 30.8. The molecule has 1 N–H and O–H groups in total. The summed E-state index contributed by atoms with van der Waals surface area (Å²) in [6.07, 6.45) is 10.2. The lowest BCUT2D eigenvalue weighted by Gasteiger charge is -2.35. The quantitative estimate of drug-likeness (QED) is 0.843. The van der Waals surface area contributed by atoms with Crippen LogP contribution in [-0.2, 0) is 0 Å². The van der Waals surface area contributed by atoms with Gasteiger partial charge in [0.1, 0.15) is 0 Å². The SMILES string of the molecule is CCC1(CC)CN=C(NC2CCCC(SC)C2)SC1. The van der Waals surface area contributed by atoms with Gasteiger partial charge in [-0.3, -0.25) is 4.99 Å². The van der Waals surface area contributed by atoms with Crippen molar-refractivity contribution in [2.75, 3.05) is 18.6 Å². The van der Waals surface area contributed by atoms with E-state index < -0.39 is 0 Å². The van der Waals surface area contributed by atoms with Crippen LogP contribution in [0.4, 0.5) is 0 Å². The molecule has 4 heteroatoms. The zero-order chi connectivity index (χ0) is 13.7. The summed E-state index contributed by atoms with van der Waals surface area (Å²) in [6, 6.07) is 0.660. The van der Waals surface area contributed by atoms with Crippen LogP contribution in [0.5, 0.6) is 0 Å². The number of amidine groups is 1. The van der Waals surface area contributed by atoms with Gasteiger partial charge in [0, 0.05) is 23.6 Å². The molecule has 19 heavy (non-hydrogen) atoms. The first-order valence-electron chi connectivity index (χ1n) is 7.68. The summed E-state index contributed by atoms with van der Waals surface area (Å²) in [7, 11) is 0. The molecule has 2 rings (SSSR count). The maximum atomic E-state index is 4.83. The lowest BCUT2D eigenvalue weighted by molar-refractivity contribution is 0.317. The molecule has 0 aromatic heterocycles. The number of hydrogen-bond donors (Lipinski definition) is 1. The van der Waals surface area contributed by atoms with E-state index in [1.807, 2.05) is 23.5 Å². The Labute approximate surface area is 127 Å². The van der Waals surface area contributed by atoms with E-state index in [1.165, 1.54) is 49.4 Å². The molecule has 0 bridgehead atoms. The Hall–Kier alpha value is 0.170. The number of nitrogens with one attached hydrogen (secondary N) is 1. The van der Waals surface area contributed by atoms with Crippen molar-refractivity contribution in [1.29, 1.82) is 0 Å². The van der Waals surface area contributed by atoms with Crippen LogP contribution in [0.15, 0.2) is 4.99 Å². The second kappa shape index (κ2) is 7.26. The van der Waals surface area contributed by atoms with Gasteiger partial charge in [-0.25, -0.2) is 0 Å². The summed E-state index contributed by atoms with van der Waals surface area (Å²) >= 11 is 3.99. The van der Waals surface area contributed by atoms with Crippen molar-refractivity contribution in [3.05, 3.63) is 0 Å². The lowest BCUT2D eigenvalue weighted by atomic mass is 9.84. The Morgan fingerprint density at radius 2 is 2.16 bits per heavy atom. The van der Waals surface area contributed by atoms with E-state index in [9.17, 15) is 0 Å². The third kappa shape index (κ3) is 4.07. The Morgan fingerprint density at radius 3 is 2.74 bits per heavy atom. The standard InChI is InChI=1S/C15H28N2S2/c1-4-15(5-2)10-16-14(19-11-15)17-12-7-6-8-13(9-12)18-3/h12-13H,4-11H2,1-3H3,(H,16,17). The van der Waals surface area contributed by atoms with Crippen molar-refractivity contribution >= 4 is 28.7 Å². The highest BCUT2D eigenvalue weighted by Gasteiger charge is 2.31. The van der Waals surface area contributed by atoms with E-state index >= 15 is 0 Å². The maximum Gasteiger partial charge on any atom is 0.156 e. The number of hydrogen-bond acceptors (Lipinski definition) is 4. The largest absolute Gasteiger partial charge is 0.362 e. The van der Waals surface area contributed by atoms with Gasteiger partial charge >= 0.3 is 0 Å². The van der Waals surface area contributed by atoms with Crippen LogP contribution in [0.1, 0.15) is 52.4 Å². The van der Waals surface area contributed by atoms with Crippen LogP contribution in [0, 0.1) is 5.41 Å². The minimum absolute atomic E-state index is 0.463. The topological polar surface area (TPSA) is 24.4 Å². The fourth-order valence-electron chi connectivity index (χ4n) is 2.98. The molecule has 2 unspecified atom stereocenters. The molecule has 0 radical (unpaired) electrons. The van der Waals surface area contributed by atoms with Gasteiger partial charge in [0.05, 0.1) is 0 Å². The third-order valence-electron chi connectivity index (χ3n) is 4.86. The van der Waals surface area contributed by atoms with E-state index in [0.29, 0.717) is 11.5 Å². The van der Waals surface area contributed by atoms with E-state index in [-0.39, 0.29) is 0 Å². The first-order chi connectivity index (χ1) is 9.21. The van der Waals surface area contributed by atoms with Crippen LogP contribution in [0.25, 0.3) is 0 Å². The zero-order valence-corrected chi connectivity index (χ0v) is 14.2. The van der Waals surface area contributed by atoms with Crippen molar-refractivity contribution in [2.24, 2.45) is 10.4 Å². The van der Waals surface area contributed by atoms with Crippen LogP contribution < -0.4 is 5.32 Å². The zero-order valence-electron chi connectivity index (χ0n) is 12.6. The minimum atomic E-state index is 0.463. The third-order valence-corrected chi connectivity index (χ3v) is 7.23. The lowest BCUT2D eigenvalue weighted by Crippen LogP contribution is -2.41. The molecule has 1 saturated carbocycles. The highest BCUT2D eigenvalue weighted by Crippen LogP contribution is 2.35. The smallest absolute Gasteiger partial charge is 0.156 e. The molecule has 2 nitrogen and oxygen atoms in total. The van der Waals surface area contributed by atoms with E-state index in [1.54, 1.807) is 0 Å². The average Bonchev–Trinajstić information content (AvgIpc) is 2.48. The number of nitrogens with zero attached hydrogens (tertiary/aromatic N) is 1. The van der Waals surface area contributed by atoms with Crippen LogP contribution >= 0.6 is 23.5 Å². The molecule has 1 fully saturated rings. The Bertz CT molecular complexity index is 313. The highest BCUT2D eigenvalue weighted by atomic mass is 32.2. The van der Waals surface area contributed by atoms with Gasteiger partial charge in [-0.05, 0) is 43.8 Å². The molecular formula is C15H28N2S2. The van der Waals surface area contributed by atoms with Crippen molar-refractivity contribution in [3.8, 4) is 0 Å². The second-order valence-electron chi connectivity index (χ2n) is 5.98. The molecule has 0 spiro atoms. The fraction of sp³-hybridized carbons (Fsp3) is 0.933. The summed E-state index contributed by atoms with van der Waals surface area (Å²) < 4.78 is 0. The predicted octanol–water partition coefficient (Wildman–Crippen LogP) is 4.16. The van der Waals surface area contributed by atoms with Crippen LogP contribution in [0.3, 0.4) is 0 Å². The van der Waals surface area contributed by atoms with Gasteiger partial charge in [0.2, 0.25) is 0 Å². The first-order valence-corrected chi connectivity index (χ1v) is 9.95. The molecule has 0 aromatic carbocycles. The summed E-state index contributed by atoms with van der Waals surface area (Å²) in [4.78, 5) is 4.83. The van der Waals surface area contributed by atoms with Gasteiger partial charge < -0.3 is 5.32 Å². The van der Waals surface area contributed by atoms with Gasteiger partial charge in [-0.2, -0.15) is 11.8 Å². The predicted molar refractivity (Wildman–Crippen MR) is 90.5 cm³/mol. The van der Waals surface area contributed by atoms with Crippen LogP contribution in [-0.4, -0.2) is 35.0 Å². The van der Waals surface area contributed by atoms with Gasteiger partial charge in [0.25, 0.3) is 0 Å².